The zero-order valence-corrected chi connectivity index (χ0v) is 9.74. The van der Waals surface area contributed by atoms with E-state index in [-0.39, 0.29) is 6.42 Å². The molecular weight excluding hydrogens is 240 g/mol. The number of benzene rings is 1. The molecule has 0 radical (unpaired) electrons. The number of H-pyrrole nitrogens is 1. The molecule has 1 aromatic heterocycles. The van der Waals surface area contributed by atoms with E-state index >= 15 is 0 Å². The molecule has 2 rings (SSSR count). The molecule has 0 aliphatic rings. The lowest BCUT2D eigenvalue weighted by atomic mass is 10.1. The van der Waals surface area contributed by atoms with Crippen molar-refractivity contribution in [3.05, 3.63) is 41.0 Å². The Kier molecular flexibility index (Phi) is 3.44. The number of aryl methyl sites for hydroxylation is 1. The van der Waals surface area contributed by atoms with Gasteiger partial charge in [0.25, 0.3) is 0 Å². The van der Waals surface area contributed by atoms with Crippen LogP contribution in [-0.2, 0) is 11.2 Å². The van der Waals surface area contributed by atoms with Crippen LogP contribution in [0.4, 0.5) is 0 Å². The van der Waals surface area contributed by atoms with Gasteiger partial charge in [-0.25, -0.2) is 0 Å². The molecule has 88 valence electrons. The maximum absolute atomic E-state index is 10.4. The van der Waals surface area contributed by atoms with Crippen molar-refractivity contribution in [2.45, 2.75) is 12.8 Å². The molecular formula is C12H11ClN2O2. The van der Waals surface area contributed by atoms with E-state index in [0.29, 0.717) is 11.4 Å². The van der Waals surface area contributed by atoms with Gasteiger partial charge < -0.3 is 5.11 Å². The van der Waals surface area contributed by atoms with Crippen LogP contribution in [0.3, 0.4) is 0 Å². The number of carbonyl (C=O) groups is 1. The first-order valence-corrected chi connectivity index (χ1v) is 5.55. The van der Waals surface area contributed by atoms with Crippen LogP contribution in [0.15, 0.2) is 30.3 Å². The van der Waals surface area contributed by atoms with Crippen molar-refractivity contribution >= 4 is 17.6 Å². The van der Waals surface area contributed by atoms with Crippen LogP contribution in [-0.4, -0.2) is 21.3 Å². The second-order valence-electron chi connectivity index (χ2n) is 3.68. The molecule has 0 atom stereocenters. The van der Waals surface area contributed by atoms with Crippen molar-refractivity contribution in [2.24, 2.45) is 0 Å². The molecule has 0 aliphatic carbocycles. The van der Waals surface area contributed by atoms with Gasteiger partial charge in [0.05, 0.1) is 12.1 Å². The molecule has 0 aliphatic heterocycles. The number of halogens is 1. The van der Waals surface area contributed by atoms with Crippen LogP contribution in [0.1, 0.15) is 12.1 Å². The molecule has 0 spiro atoms. The summed E-state index contributed by atoms with van der Waals surface area (Å²) in [6.07, 6.45) is 0.554. The average Bonchev–Trinajstić information content (AvgIpc) is 2.76. The molecule has 2 N–H and O–H groups in total. The van der Waals surface area contributed by atoms with E-state index in [9.17, 15) is 4.79 Å². The first-order chi connectivity index (χ1) is 8.15. The van der Waals surface area contributed by atoms with E-state index < -0.39 is 5.97 Å². The van der Waals surface area contributed by atoms with Crippen LogP contribution in [0.5, 0.6) is 0 Å². The minimum Gasteiger partial charge on any atom is -0.481 e. The number of nitrogens with zero attached hydrogens (tertiary/aromatic N) is 1. The molecule has 4 nitrogen and oxygen atoms in total. The highest BCUT2D eigenvalue weighted by Gasteiger charge is 2.05. The lowest BCUT2D eigenvalue weighted by molar-refractivity contribution is -0.136. The molecule has 0 bridgehead atoms. The van der Waals surface area contributed by atoms with E-state index in [1.54, 1.807) is 12.1 Å². The molecule has 1 heterocycles. The number of aromatic nitrogens is 2. The standard InChI is InChI=1S/C12H11ClN2O2/c13-9-3-1-8(2-4-9)11-7-10(14-15-11)5-6-12(16)17/h1-4,7H,5-6H2,(H,14,15)(H,16,17). The number of carboxylic acids is 1. The molecule has 2 aromatic rings. The predicted molar refractivity (Wildman–Crippen MR) is 65.0 cm³/mol. The Bertz CT molecular complexity index is 520. The third kappa shape index (κ3) is 3.07. The summed E-state index contributed by atoms with van der Waals surface area (Å²) in [6.45, 7) is 0. The summed E-state index contributed by atoms with van der Waals surface area (Å²) in [5, 5.41) is 16.2. The van der Waals surface area contributed by atoms with Crippen LogP contribution in [0.2, 0.25) is 5.02 Å². The average molecular weight is 251 g/mol. The Hall–Kier alpha value is -1.81. The fourth-order valence-corrected chi connectivity index (χ4v) is 1.63. The van der Waals surface area contributed by atoms with Gasteiger partial charge in [0.1, 0.15) is 0 Å². The quantitative estimate of drug-likeness (QED) is 0.877. The van der Waals surface area contributed by atoms with Crippen LogP contribution in [0, 0.1) is 0 Å². The second-order valence-corrected chi connectivity index (χ2v) is 4.12. The Morgan fingerprint density at radius 2 is 2.06 bits per heavy atom. The van der Waals surface area contributed by atoms with Gasteiger partial charge in [-0.1, -0.05) is 23.7 Å². The molecule has 0 saturated carbocycles. The van der Waals surface area contributed by atoms with Gasteiger partial charge in [-0.05, 0) is 24.6 Å². The summed E-state index contributed by atoms with van der Waals surface area (Å²) in [6, 6.07) is 9.19. The Morgan fingerprint density at radius 1 is 1.35 bits per heavy atom. The summed E-state index contributed by atoms with van der Waals surface area (Å²) >= 11 is 5.80. The Morgan fingerprint density at radius 3 is 2.71 bits per heavy atom. The van der Waals surface area contributed by atoms with Crippen molar-refractivity contribution in [1.82, 2.24) is 10.2 Å². The van der Waals surface area contributed by atoms with Crippen LogP contribution < -0.4 is 0 Å². The molecule has 0 fully saturated rings. The normalized spacial score (nSPS) is 10.4. The highest BCUT2D eigenvalue weighted by molar-refractivity contribution is 6.30. The Labute approximate surface area is 103 Å². The van der Waals surface area contributed by atoms with Gasteiger partial charge in [-0.15, -0.1) is 0 Å². The van der Waals surface area contributed by atoms with Crippen molar-refractivity contribution in [3.63, 3.8) is 0 Å². The topological polar surface area (TPSA) is 66.0 Å². The molecule has 0 amide bonds. The first kappa shape index (κ1) is 11.7. The number of carboxylic acid groups (broad SMARTS) is 1. The second kappa shape index (κ2) is 5.01. The Balaban J connectivity index is 2.12. The van der Waals surface area contributed by atoms with Gasteiger partial charge in [0, 0.05) is 16.3 Å². The summed E-state index contributed by atoms with van der Waals surface area (Å²) in [4.78, 5) is 10.4. The fourth-order valence-electron chi connectivity index (χ4n) is 1.50. The number of hydrogen-bond donors (Lipinski definition) is 2. The number of rotatable bonds is 4. The third-order valence-corrected chi connectivity index (χ3v) is 2.63. The minimum absolute atomic E-state index is 0.0995. The lowest BCUT2D eigenvalue weighted by Crippen LogP contribution is -1.97. The number of aliphatic carboxylic acids is 1. The third-order valence-electron chi connectivity index (χ3n) is 2.38. The zero-order chi connectivity index (χ0) is 12.3. The van der Waals surface area contributed by atoms with Crippen molar-refractivity contribution < 1.29 is 9.90 Å². The highest BCUT2D eigenvalue weighted by Crippen LogP contribution is 2.20. The van der Waals surface area contributed by atoms with Gasteiger partial charge >= 0.3 is 5.97 Å². The van der Waals surface area contributed by atoms with Crippen molar-refractivity contribution in [2.75, 3.05) is 0 Å². The smallest absolute Gasteiger partial charge is 0.303 e. The predicted octanol–water partition coefficient (Wildman–Crippen LogP) is 2.75. The van der Waals surface area contributed by atoms with Crippen LogP contribution in [0.25, 0.3) is 11.3 Å². The molecule has 0 unspecified atom stereocenters. The SMILES string of the molecule is O=C(O)CCc1cc(-c2ccc(Cl)cc2)n[nH]1. The van der Waals surface area contributed by atoms with Gasteiger partial charge in [0.2, 0.25) is 0 Å². The number of hydrogen-bond acceptors (Lipinski definition) is 2. The molecule has 5 heteroatoms. The highest BCUT2D eigenvalue weighted by atomic mass is 35.5. The summed E-state index contributed by atoms with van der Waals surface area (Å²) < 4.78 is 0. The fraction of sp³-hybridized carbons (Fsp3) is 0.167. The number of nitrogens with one attached hydrogen (secondary N) is 1. The zero-order valence-electron chi connectivity index (χ0n) is 8.98. The molecule has 0 saturated heterocycles. The summed E-state index contributed by atoms with van der Waals surface area (Å²) in [5.41, 5.74) is 2.56. The maximum Gasteiger partial charge on any atom is 0.303 e. The minimum atomic E-state index is -0.812. The largest absolute Gasteiger partial charge is 0.481 e. The van der Waals surface area contributed by atoms with E-state index in [2.05, 4.69) is 10.2 Å². The van der Waals surface area contributed by atoms with E-state index in [1.165, 1.54) is 0 Å². The summed E-state index contributed by atoms with van der Waals surface area (Å²) in [5.74, 6) is -0.812. The van der Waals surface area contributed by atoms with E-state index in [1.807, 2.05) is 18.2 Å². The maximum atomic E-state index is 10.4. The first-order valence-electron chi connectivity index (χ1n) is 5.17. The van der Waals surface area contributed by atoms with Crippen LogP contribution >= 0.6 is 11.6 Å². The number of aromatic amines is 1. The summed E-state index contributed by atoms with van der Waals surface area (Å²) in [7, 11) is 0. The van der Waals surface area contributed by atoms with Crippen molar-refractivity contribution in [3.8, 4) is 11.3 Å². The van der Waals surface area contributed by atoms with E-state index in [0.717, 1.165) is 17.0 Å². The van der Waals surface area contributed by atoms with Gasteiger partial charge in [-0.2, -0.15) is 5.10 Å². The molecule has 1 aromatic carbocycles. The lowest BCUT2D eigenvalue weighted by Gasteiger charge is -1.95. The molecule has 17 heavy (non-hydrogen) atoms. The van der Waals surface area contributed by atoms with Gasteiger partial charge in [0.15, 0.2) is 0 Å². The monoisotopic (exact) mass is 250 g/mol. The van der Waals surface area contributed by atoms with E-state index in [4.69, 9.17) is 16.7 Å². The van der Waals surface area contributed by atoms with Crippen molar-refractivity contribution in [1.29, 1.82) is 0 Å². The van der Waals surface area contributed by atoms with Gasteiger partial charge in [-0.3, -0.25) is 9.89 Å².